The van der Waals surface area contributed by atoms with Crippen LogP contribution < -0.4 is 6.15 Å². The molecule has 0 aliphatic rings. The first-order valence-corrected chi connectivity index (χ1v) is 0.894. The van der Waals surface area contributed by atoms with Crippen LogP contribution in [0.5, 0.6) is 0 Å². The van der Waals surface area contributed by atoms with Gasteiger partial charge in [0.25, 0.3) is 0 Å². The summed E-state index contributed by atoms with van der Waals surface area (Å²) >= 11 is 0. The van der Waals surface area contributed by atoms with Gasteiger partial charge < -0.3 is 53.5 Å². The van der Waals surface area contributed by atoms with E-state index in [-0.39, 0.29) is 27.2 Å². The molecular weight excluding hydrogens is 313 g/mol. The van der Waals surface area contributed by atoms with E-state index in [4.69, 9.17) is 47.3 Å². The predicted octanol–water partition coefficient (Wildman–Crippen LogP) is 0.759. The standard InChI is InChI=1S/4CN.H3N.Pt/c4*1-2;;/h;;;;1H3;/q4*-1;;/p+1. The van der Waals surface area contributed by atoms with Crippen molar-refractivity contribution in [2.75, 3.05) is 0 Å². The van der Waals surface area contributed by atoms with Gasteiger partial charge in [-0.25, -0.2) is 0 Å². The van der Waals surface area contributed by atoms with Gasteiger partial charge in [0.1, 0.15) is 0 Å². The maximum atomic E-state index is 6.25. The summed E-state index contributed by atoms with van der Waals surface area (Å²) in [4.78, 5) is 0. The molecule has 0 amide bonds. The van der Waals surface area contributed by atoms with Crippen LogP contribution in [0.3, 0.4) is 0 Å². The van der Waals surface area contributed by atoms with E-state index < -0.39 is 0 Å². The predicted molar refractivity (Wildman–Crippen MR) is 25.9 cm³/mol. The first-order valence-electron chi connectivity index (χ1n) is 0.894. The van der Waals surface area contributed by atoms with Gasteiger partial charge in [-0.05, 0) is 0 Å². The molecule has 0 rings (SSSR count). The minimum atomic E-state index is 0. The molecule has 5 nitrogen and oxygen atoms in total. The molecule has 0 bridgehead atoms. The molecule has 0 aromatic rings. The molecular formula is C4H4N5Pt-3. The molecule has 6 heteroatoms. The molecule has 0 atom stereocenters. The number of rotatable bonds is 0. The van der Waals surface area contributed by atoms with Gasteiger partial charge in [-0.2, -0.15) is 0 Å². The maximum Gasteiger partial charge on any atom is 0 e. The summed E-state index contributed by atoms with van der Waals surface area (Å²) in [6.45, 7) is 19.0. The smallest absolute Gasteiger partial charge is 0 e. The minimum absolute atomic E-state index is 0. The molecule has 0 radical (unpaired) electrons. The van der Waals surface area contributed by atoms with Crippen molar-refractivity contribution in [3.63, 3.8) is 0 Å². The van der Waals surface area contributed by atoms with E-state index >= 15 is 0 Å². The average molecular weight is 317 g/mol. The molecule has 4 N–H and O–H groups in total. The second-order valence-electron chi connectivity index (χ2n) is 0. The fourth-order valence-corrected chi connectivity index (χ4v) is 0. The summed E-state index contributed by atoms with van der Waals surface area (Å²) in [6, 6.07) is 0. The number of hydrogen-bond donors (Lipinski definition) is 1. The summed E-state index contributed by atoms with van der Waals surface area (Å²) in [5.41, 5.74) is 0. The Morgan fingerprint density at radius 2 is 0.500 bits per heavy atom. The van der Waals surface area contributed by atoms with Crippen LogP contribution in [0.4, 0.5) is 0 Å². The molecule has 0 saturated carbocycles. The first-order chi connectivity index (χ1) is 4.00. The SMILES string of the molecule is [C-]#N.[C-]#N.[C-]#N.[C-]#N.[NH4+].[Pt]. The van der Waals surface area contributed by atoms with Crippen molar-refractivity contribution in [2.45, 2.75) is 0 Å². The van der Waals surface area contributed by atoms with E-state index in [1.165, 1.54) is 0 Å². The second kappa shape index (κ2) is 172. The summed E-state index contributed by atoms with van der Waals surface area (Å²) in [7, 11) is 0. The van der Waals surface area contributed by atoms with Crippen molar-refractivity contribution >= 4 is 0 Å². The topological polar surface area (TPSA) is 132 Å². The van der Waals surface area contributed by atoms with Crippen LogP contribution in [-0.2, 0) is 21.1 Å². The Bertz CT molecular complexity index is 56.6. The van der Waals surface area contributed by atoms with Crippen LogP contribution in [0.15, 0.2) is 0 Å². The third kappa shape index (κ3) is 107. The van der Waals surface area contributed by atoms with Crippen molar-refractivity contribution in [3.05, 3.63) is 26.3 Å². The van der Waals surface area contributed by atoms with E-state index in [0.717, 1.165) is 0 Å². The zero-order chi connectivity index (χ0) is 8.00. The average Bonchev–Trinajstić information content (AvgIpc) is 2.03. The monoisotopic (exact) mass is 317 g/mol. The van der Waals surface area contributed by atoms with E-state index in [1.54, 1.807) is 0 Å². The van der Waals surface area contributed by atoms with Crippen LogP contribution in [0.2, 0.25) is 0 Å². The molecule has 0 fully saturated rings. The largest absolute Gasteiger partial charge is 0.512 e. The van der Waals surface area contributed by atoms with E-state index in [1.807, 2.05) is 0 Å². The van der Waals surface area contributed by atoms with Gasteiger partial charge in [0, 0.05) is 21.1 Å². The molecule has 10 heavy (non-hydrogen) atoms. The molecule has 0 heterocycles. The molecule has 0 aromatic heterocycles. The van der Waals surface area contributed by atoms with Gasteiger partial charge in [0.2, 0.25) is 0 Å². The van der Waals surface area contributed by atoms with Crippen molar-refractivity contribution in [2.24, 2.45) is 0 Å². The zero-order valence-corrected chi connectivity index (χ0v) is 7.38. The zero-order valence-electron chi connectivity index (χ0n) is 5.11. The Morgan fingerprint density at radius 1 is 0.500 bits per heavy atom. The Kier molecular flexibility index (Phi) is 1260. The molecule has 0 aliphatic carbocycles. The molecule has 0 spiro atoms. The van der Waals surface area contributed by atoms with E-state index in [2.05, 4.69) is 0 Å². The van der Waals surface area contributed by atoms with E-state index in [0.29, 0.717) is 0 Å². The van der Waals surface area contributed by atoms with Crippen molar-refractivity contribution in [1.29, 1.82) is 21.0 Å². The molecule has 58 valence electrons. The van der Waals surface area contributed by atoms with Gasteiger partial charge in [0.05, 0.1) is 0 Å². The Balaban J connectivity index is -0.00000000500. The summed E-state index contributed by atoms with van der Waals surface area (Å²) in [5.74, 6) is 0. The quantitative estimate of drug-likeness (QED) is 0.660. The molecule has 0 unspecified atom stereocenters. The minimum Gasteiger partial charge on any atom is -0.512 e. The van der Waals surface area contributed by atoms with Gasteiger partial charge in [-0.1, -0.05) is 0 Å². The Labute approximate surface area is 74.9 Å². The van der Waals surface area contributed by atoms with Crippen LogP contribution >= 0.6 is 0 Å². The fourth-order valence-electron chi connectivity index (χ4n) is 0. The van der Waals surface area contributed by atoms with Gasteiger partial charge in [-0.3, -0.25) is 0 Å². The van der Waals surface area contributed by atoms with Crippen molar-refractivity contribution in [3.8, 4) is 0 Å². The van der Waals surface area contributed by atoms with Crippen LogP contribution in [0.25, 0.3) is 0 Å². The van der Waals surface area contributed by atoms with Crippen molar-refractivity contribution < 1.29 is 21.1 Å². The Morgan fingerprint density at radius 3 is 0.500 bits per heavy atom. The number of hydrogen-bond acceptors (Lipinski definition) is 4. The van der Waals surface area contributed by atoms with Crippen molar-refractivity contribution in [1.82, 2.24) is 6.15 Å². The van der Waals surface area contributed by atoms with Crippen LogP contribution in [0, 0.1) is 47.3 Å². The third-order valence-electron chi connectivity index (χ3n) is 0. The second-order valence-corrected chi connectivity index (χ2v) is 0. The third-order valence-corrected chi connectivity index (χ3v) is 0. The van der Waals surface area contributed by atoms with Crippen LogP contribution in [0.1, 0.15) is 0 Å². The molecule has 0 aliphatic heterocycles. The Hall–Kier alpha value is -1.39. The first kappa shape index (κ1) is 73.2. The summed E-state index contributed by atoms with van der Waals surface area (Å²) in [6.07, 6.45) is 0. The van der Waals surface area contributed by atoms with Gasteiger partial charge in [-0.15, -0.1) is 0 Å². The van der Waals surface area contributed by atoms with Crippen LogP contribution in [-0.4, -0.2) is 0 Å². The summed E-state index contributed by atoms with van der Waals surface area (Å²) in [5, 5.41) is 25.0. The number of quaternary nitrogens is 1. The van der Waals surface area contributed by atoms with E-state index in [9.17, 15) is 0 Å². The fraction of sp³-hybridized carbons (Fsp3) is 0. The number of nitrogens with zero attached hydrogens (tertiary/aromatic N) is 4. The van der Waals surface area contributed by atoms with Gasteiger partial charge >= 0.3 is 0 Å². The normalized spacial score (nSPS) is 0.800. The molecule has 0 aromatic carbocycles. The van der Waals surface area contributed by atoms with Gasteiger partial charge in [0.15, 0.2) is 0 Å². The summed E-state index contributed by atoms with van der Waals surface area (Å²) < 4.78 is 0. The molecule has 0 saturated heterocycles. The maximum absolute atomic E-state index is 6.25.